The summed E-state index contributed by atoms with van der Waals surface area (Å²) in [7, 11) is 0. The number of pyridine rings is 1. The minimum absolute atomic E-state index is 0.615. The molecule has 0 aliphatic heterocycles. The number of hydrogen-bond acceptors (Lipinski definition) is 2. The van der Waals surface area contributed by atoms with Crippen LogP contribution in [0.25, 0.3) is 11.3 Å². The Morgan fingerprint density at radius 3 is 2.55 bits per heavy atom. The number of hydrogen-bond donors (Lipinski definition) is 0. The zero-order valence-electron chi connectivity index (χ0n) is 13.4. The molecule has 0 aliphatic carbocycles. The standard InChI is InChI=1S/C19H24ClNO/c1-3-5-6-7-8-15-9-11-18(21-14-15)16-10-12-19(22-4-2)17(20)13-16/h9-14H,3-8H2,1-2H3. The van der Waals surface area contributed by atoms with Crippen LogP contribution in [0.15, 0.2) is 36.5 Å². The fraction of sp³-hybridized carbons (Fsp3) is 0.421. The van der Waals surface area contributed by atoms with Crippen molar-refractivity contribution in [2.24, 2.45) is 0 Å². The molecule has 3 heteroatoms. The number of benzene rings is 1. The van der Waals surface area contributed by atoms with Gasteiger partial charge in [-0.3, -0.25) is 4.98 Å². The summed E-state index contributed by atoms with van der Waals surface area (Å²) < 4.78 is 5.46. The molecule has 22 heavy (non-hydrogen) atoms. The maximum absolute atomic E-state index is 6.23. The lowest BCUT2D eigenvalue weighted by Crippen LogP contribution is -1.93. The molecule has 2 rings (SSSR count). The Labute approximate surface area is 138 Å². The average Bonchev–Trinajstić information content (AvgIpc) is 2.54. The summed E-state index contributed by atoms with van der Waals surface area (Å²) in [5, 5.41) is 0.629. The van der Waals surface area contributed by atoms with Gasteiger partial charge in [0.05, 0.1) is 17.3 Å². The smallest absolute Gasteiger partial charge is 0.137 e. The molecule has 0 unspecified atom stereocenters. The lowest BCUT2D eigenvalue weighted by atomic mass is 10.1. The maximum atomic E-state index is 6.23. The first kappa shape index (κ1) is 16.8. The zero-order valence-corrected chi connectivity index (χ0v) is 14.2. The van der Waals surface area contributed by atoms with Gasteiger partial charge in [-0.1, -0.05) is 43.9 Å². The second-order valence-corrected chi connectivity index (χ2v) is 5.85. The summed E-state index contributed by atoms with van der Waals surface area (Å²) in [5.74, 6) is 0.723. The number of aromatic nitrogens is 1. The van der Waals surface area contributed by atoms with Crippen LogP contribution in [-0.4, -0.2) is 11.6 Å². The molecule has 2 nitrogen and oxygen atoms in total. The van der Waals surface area contributed by atoms with E-state index < -0.39 is 0 Å². The van der Waals surface area contributed by atoms with Crippen LogP contribution in [0.3, 0.4) is 0 Å². The first-order chi connectivity index (χ1) is 10.7. The second kappa shape index (κ2) is 8.79. The summed E-state index contributed by atoms with van der Waals surface area (Å²) in [6.07, 6.45) is 8.21. The van der Waals surface area contributed by atoms with Crippen LogP contribution in [-0.2, 0) is 6.42 Å². The molecule has 0 aliphatic rings. The molecule has 0 radical (unpaired) electrons. The van der Waals surface area contributed by atoms with Gasteiger partial charge < -0.3 is 4.74 Å². The molecule has 0 N–H and O–H groups in total. The van der Waals surface area contributed by atoms with Gasteiger partial charge in [-0.15, -0.1) is 0 Å². The quantitative estimate of drug-likeness (QED) is 0.563. The molecular formula is C19H24ClNO. The van der Waals surface area contributed by atoms with Gasteiger partial charge in [0.15, 0.2) is 0 Å². The van der Waals surface area contributed by atoms with Gasteiger partial charge in [0, 0.05) is 11.8 Å². The van der Waals surface area contributed by atoms with Gasteiger partial charge in [-0.05, 0) is 49.6 Å². The summed E-state index contributed by atoms with van der Waals surface area (Å²) >= 11 is 6.23. The van der Waals surface area contributed by atoms with Gasteiger partial charge in [0.2, 0.25) is 0 Å². The van der Waals surface area contributed by atoms with Gasteiger partial charge in [-0.2, -0.15) is 0 Å². The van der Waals surface area contributed by atoms with Gasteiger partial charge >= 0.3 is 0 Å². The maximum Gasteiger partial charge on any atom is 0.137 e. The molecular weight excluding hydrogens is 294 g/mol. The molecule has 1 aromatic carbocycles. The van der Waals surface area contributed by atoms with Gasteiger partial charge in [-0.25, -0.2) is 0 Å². The Kier molecular flexibility index (Phi) is 6.73. The van der Waals surface area contributed by atoms with Crippen molar-refractivity contribution >= 4 is 11.6 Å². The molecule has 0 fully saturated rings. The Hall–Kier alpha value is -1.54. The van der Waals surface area contributed by atoms with E-state index in [9.17, 15) is 0 Å². The lowest BCUT2D eigenvalue weighted by Gasteiger charge is -2.08. The van der Waals surface area contributed by atoms with Crippen LogP contribution in [0.5, 0.6) is 5.75 Å². The van der Waals surface area contributed by atoms with E-state index in [1.807, 2.05) is 31.3 Å². The minimum Gasteiger partial charge on any atom is -0.492 e. The number of unbranched alkanes of at least 4 members (excludes halogenated alkanes) is 3. The van der Waals surface area contributed by atoms with E-state index in [1.54, 1.807) is 0 Å². The minimum atomic E-state index is 0.615. The predicted octanol–water partition coefficient (Wildman–Crippen LogP) is 5.92. The van der Waals surface area contributed by atoms with Crippen LogP contribution in [0.4, 0.5) is 0 Å². The van der Waals surface area contributed by atoms with Crippen molar-refractivity contribution in [3.8, 4) is 17.0 Å². The Morgan fingerprint density at radius 1 is 1.05 bits per heavy atom. The van der Waals surface area contributed by atoms with E-state index in [1.165, 1.54) is 31.2 Å². The number of aryl methyl sites for hydroxylation is 1. The number of nitrogens with zero attached hydrogens (tertiary/aromatic N) is 1. The first-order valence-electron chi connectivity index (χ1n) is 8.12. The summed E-state index contributed by atoms with van der Waals surface area (Å²) in [6, 6.07) is 10.1. The number of rotatable bonds is 8. The molecule has 0 saturated heterocycles. The van der Waals surface area contributed by atoms with Crippen molar-refractivity contribution in [3.63, 3.8) is 0 Å². The van der Waals surface area contributed by atoms with Crippen molar-refractivity contribution in [2.75, 3.05) is 6.61 Å². The zero-order chi connectivity index (χ0) is 15.8. The molecule has 0 spiro atoms. The van der Waals surface area contributed by atoms with Crippen molar-refractivity contribution in [1.82, 2.24) is 4.98 Å². The normalized spacial score (nSPS) is 10.7. The van der Waals surface area contributed by atoms with Crippen LogP contribution >= 0.6 is 11.6 Å². The van der Waals surface area contributed by atoms with Crippen molar-refractivity contribution in [3.05, 3.63) is 47.1 Å². The summed E-state index contributed by atoms with van der Waals surface area (Å²) in [5.41, 5.74) is 3.27. The van der Waals surface area contributed by atoms with Gasteiger partial charge in [0.1, 0.15) is 5.75 Å². The molecule has 0 atom stereocenters. The summed E-state index contributed by atoms with van der Waals surface area (Å²) in [4.78, 5) is 4.57. The van der Waals surface area contributed by atoms with E-state index in [2.05, 4.69) is 24.0 Å². The van der Waals surface area contributed by atoms with E-state index in [4.69, 9.17) is 16.3 Å². The van der Waals surface area contributed by atoms with Crippen LogP contribution in [0.1, 0.15) is 45.1 Å². The Bertz CT molecular complexity index is 580. The van der Waals surface area contributed by atoms with Crippen molar-refractivity contribution in [2.45, 2.75) is 46.0 Å². The number of halogens is 1. The third-order valence-electron chi connectivity index (χ3n) is 3.67. The predicted molar refractivity (Wildman–Crippen MR) is 93.7 cm³/mol. The highest BCUT2D eigenvalue weighted by molar-refractivity contribution is 6.32. The third-order valence-corrected chi connectivity index (χ3v) is 3.97. The van der Waals surface area contributed by atoms with E-state index >= 15 is 0 Å². The molecule has 118 valence electrons. The fourth-order valence-corrected chi connectivity index (χ4v) is 2.67. The van der Waals surface area contributed by atoms with Crippen molar-refractivity contribution in [1.29, 1.82) is 0 Å². The summed E-state index contributed by atoms with van der Waals surface area (Å²) in [6.45, 7) is 4.80. The molecule has 2 aromatic rings. The molecule has 0 bridgehead atoms. The van der Waals surface area contributed by atoms with E-state index in [0.29, 0.717) is 11.6 Å². The fourth-order valence-electron chi connectivity index (χ4n) is 2.43. The Balaban J connectivity index is 2.02. The lowest BCUT2D eigenvalue weighted by molar-refractivity contribution is 0.340. The van der Waals surface area contributed by atoms with Crippen LogP contribution in [0.2, 0.25) is 5.02 Å². The van der Waals surface area contributed by atoms with E-state index in [0.717, 1.165) is 23.4 Å². The average molecular weight is 318 g/mol. The number of ether oxygens (including phenoxy) is 1. The molecule has 1 heterocycles. The van der Waals surface area contributed by atoms with E-state index in [-0.39, 0.29) is 0 Å². The topological polar surface area (TPSA) is 22.1 Å². The molecule has 0 saturated carbocycles. The molecule has 1 aromatic heterocycles. The van der Waals surface area contributed by atoms with Crippen LogP contribution in [0, 0.1) is 0 Å². The highest BCUT2D eigenvalue weighted by atomic mass is 35.5. The van der Waals surface area contributed by atoms with Crippen LogP contribution < -0.4 is 4.74 Å². The Morgan fingerprint density at radius 2 is 1.91 bits per heavy atom. The highest BCUT2D eigenvalue weighted by Crippen LogP contribution is 2.29. The first-order valence-corrected chi connectivity index (χ1v) is 8.50. The SMILES string of the molecule is CCCCCCc1ccc(-c2ccc(OCC)c(Cl)c2)nc1. The highest BCUT2D eigenvalue weighted by Gasteiger charge is 2.05. The molecule has 0 amide bonds. The van der Waals surface area contributed by atoms with Crippen molar-refractivity contribution < 1.29 is 4.74 Å². The third kappa shape index (κ3) is 4.74. The van der Waals surface area contributed by atoms with Gasteiger partial charge in [0.25, 0.3) is 0 Å². The monoisotopic (exact) mass is 317 g/mol. The second-order valence-electron chi connectivity index (χ2n) is 5.44. The largest absolute Gasteiger partial charge is 0.492 e.